The summed E-state index contributed by atoms with van der Waals surface area (Å²) in [5, 5.41) is 11.5. The van der Waals surface area contributed by atoms with Crippen LogP contribution in [0.3, 0.4) is 0 Å². The number of amides is 1. The molecule has 3 heterocycles. The lowest BCUT2D eigenvalue weighted by Crippen LogP contribution is -2.14. The topological polar surface area (TPSA) is 114 Å². The van der Waals surface area contributed by atoms with Crippen molar-refractivity contribution in [2.45, 2.75) is 19.8 Å². The van der Waals surface area contributed by atoms with Crippen molar-refractivity contribution in [3.05, 3.63) is 42.4 Å². The summed E-state index contributed by atoms with van der Waals surface area (Å²) in [7, 11) is 1.00. The number of aryl methyl sites for hydroxylation is 1. The van der Waals surface area contributed by atoms with Crippen molar-refractivity contribution in [1.29, 1.82) is 0 Å². The van der Waals surface area contributed by atoms with E-state index in [1.54, 1.807) is 18.6 Å². The zero-order valence-corrected chi connectivity index (χ0v) is 14.7. The molecular weight excluding hydrogens is 330 g/mol. The van der Waals surface area contributed by atoms with Crippen LogP contribution in [0.2, 0.25) is 0 Å². The van der Waals surface area contributed by atoms with Gasteiger partial charge < -0.3 is 16.2 Å². The smallest absolute Gasteiger partial charge is 0.228 e. The highest BCUT2D eigenvalue weighted by Gasteiger charge is 2.29. The zero-order chi connectivity index (χ0) is 18.7. The van der Waals surface area contributed by atoms with Gasteiger partial charge in [0.1, 0.15) is 11.6 Å². The first-order valence-corrected chi connectivity index (χ1v) is 8.34. The number of nitrogens with zero attached hydrogens (tertiary/aromatic N) is 3. The van der Waals surface area contributed by atoms with Crippen molar-refractivity contribution in [2.75, 3.05) is 18.2 Å². The quantitative estimate of drug-likeness (QED) is 0.668. The average Bonchev–Trinajstić information content (AvgIpc) is 3.49. The predicted molar refractivity (Wildman–Crippen MR) is 101 cm³/mol. The van der Waals surface area contributed by atoms with Crippen molar-refractivity contribution in [3.8, 4) is 11.3 Å². The van der Waals surface area contributed by atoms with Crippen LogP contribution in [0.5, 0.6) is 0 Å². The van der Waals surface area contributed by atoms with Gasteiger partial charge in [0.2, 0.25) is 5.91 Å². The summed E-state index contributed by atoms with van der Waals surface area (Å²) >= 11 is 0. The van der Waals surface area contributed by atoms with E-state index in [2.05, 4.69) is 20.3 Å². The van der Waals surface area contributed by atoms with E-state index in [4.69, 9.17) is 10.8 Å². The fraction of sp³-hybridized carbons (Fsp3) is 0.263. The number of fused-ring (bicyclic) bond motifs is 1. The Balaban J connectivity index is 0.000000948. The standard InChI is InChI=1S/C18H17N5O.CH4O/c1-10-4-5-20-8-13(10)15-6-12-7-16(23-18(24)11-2-3-11)21-9-14(12)17(19)22-15;1-2/h4-9,11H,2-3H2,1H3,(H2,19,22)(H,21,23,24);2H,1H3. The summed E-state index contributed by atoms with van der Waals surface area (Å²) < 4.78 is 0. The highest BCUT2D eigenvalue weighted by atomic mass is 16.2. The lowest BCUT2D eigenvalue weighted by molar-refractivity contribution is -0.117. The van der Waals surface area contributed by atoms with Crippen LogP contribution in [0.25, 0.3) is 22.0 Å². The molecule has 3 aromatic heterocycles. The van der Waals surface area contributed by atoms with Gasteiger partial charge in [-0.05, 0) is 48.9 Å². The highest BCUT2D eigenvalue weighted by Crippen LogP contribution is 2.31. The Kier molecular flexibility index (Phi) is 5.09. The van der Waals surface area contributed by atoms with Gasteiger partial charge in [0.25, 0.3) is 0 Å². The molecule has 1 aliphatic carbocycles. The van der Waals surface area contributed by atoms with Gasteiger partial charge in [0.15, 0.2) is 0 Å². The van der Waals surface area contributed by atoms with E-state index in [0.29, 0.717) is 11.6 Å². The summed E-state index contributed by atoms with van der Waals surface area (Å²) in [6, 6.07) is 5.72. The van der Waals surface area contributed by atoms with Crippen molar-refractivity contribution in [3.63, 3.8) is 0 Å². The normalized spacial score (nSPS) is 13.0. The molecule has 0 atom stereocenters. The molecule has 1 aliphatic rings. The maximum atomic E-state index is 11.9. The number of aliphatic hydroxyl groups is 1. The molecule has 0 saturated heterocycles. The van der Waals surface area contributed by atoms with Crippen molar-refractivity contribution < 1.29 is 9.90 Å². The van der Waals surface area contributed by atoms with E-state index in [9.17, 15) is 4.79 Å². The minimum Gasteiger partial charge on any atom is -0.400 e. The molecule has 0 bridgehead atoms. The van der Waals surface area contributed by atoms with Crippen molar-refractivity contribution in [1.82, 2.24) is 15.0 Å². The number of pyridine rings is 3. The van der Waals surface area contributed by atoms with E-state index in [1.165, 1.54) is 0 Å². The van der Waals surface area contributed by atoms with Crippen molar-refractivity contribution >= 4 is 28.3 Å². The van der Waals surface area contributed by atoms with Gasteiger partial charge in [0, 0.05) is 42.6 Å². The number of aliphatic hydroxyl groups excluding tert-OH is 1. The number of carbonyl (C=O) groups is 1. The summed E-state index contributed by atoms with van der Waals surface area (Å²) in [5.41, 5.74) is 8.87. The first-order chi connectivity index (χ1) is 12.6. The van der Waals surface area contributed by atoms with Crippen LogP contribution in [-0.4, -0.2) is 33.1 Å². The molecule has 4 N–H and O–H groups in total. The van der Waals surface area contributed by atoms with E-state index in [0.717, 1.165) is 47.5 Å². The van der Waals surface area contributed by atoms with E-state index >= 15 is 0 Å². The fourth-order valence-corrected chi connectivity index (χ4v) is 2.69. The molecule has 1 fully saturated rings. The molecule has 7 heteroatoms. The van der Waals surface area contributed by atoms with Crippen LogP contribution in [0, 0.1) is 12.8 Å². The lowest BCUT2D eigenvalue weighted by Gasteiger charge is -2.10. The molecule has 0 radical (unpaired) electrons. The number of nitrogens with two attached hydrogens (primary N) is 1. The third-order valence-electron chi connectivity index (χ3n) is 4.26. The third-order valence-corrected chi connectivity index (χ3v) is 4.26. The molecule has 1 saturated carbocycles. The molecule has 0 aliphatic heterocycles. The second-order valence-corrected chi connectivity index (χ2v) is 6.14. The van der Waals surface area contributed by atoms with Crippen LogP contribution in [0.15, 0.2) is 36.8 Å². The SMILES string of the molecule is CO.Cc1ccncc1-c1cc2cc(NC(=O)C3CC3)ncc2c(N)n1. The van der Waals surface area contributed by atoms with Crippen LogP contribution in [0.1, 0.15) is 18.4 Å². The lowest BCUT2D eigenvalue weighted by atomic mass is 10.1. The summed E-state index contributed by atoms with van der Waals surface area (Å²) in [6.45, 7) is 2.01. The second kappa shape index (κ2) is 7.45. The summed E-state index contributed by atoms with van der Waals surface area (Å²) in [6.07, 6.45) is 7.10. The number of hydrogen-bond donors (Lipinski definition) is 3. The predicted octanol–water partition coefficient (Wildman–Crippen LogP) is 2.54. The molecule has 4 rings (SSSR count). The number of hydrogen-bond acceptors (Lipinski definition) is 6. The summed E-state index contributed by atoms with van der Waals surface area (Å²) in [4.78, 5) is 24.8. The molecule has 0 unspecified atom stereocenters. The first-order valence-electron chi connectivity index (χ1n) is 8.34. The van der Waals surface area contributed by atoms with E-state index in [-0.39, 0.29) is 11.8 Å². The van der Waals surface area contributed by atoms with Crippen LogP contribution >= 0.6 is 0 Å². The van der Waals surface area contributed by atoms with E-state index in [1.807, 2.05) is 25.1 Å². The summed E-state index contributed by atoms with van der Waals surface area (Å²) in [5.74, 6) is 1.13. The Labute approximate surface area is 151 Å². The minimum atomic E-state index is 0.0344. The minimum absolute atomic E-state index is 0.0344. The largest absolute Gasteiger partial charge is 0.400 e. The van der Waals surface area contributed by atoms with Crippen molar-refractivity contribution in [2.24, 2.45) is 5.92 Å². The number of rotatable bonds is 3. The maximum absolute atomic E-state index is 11.9. The second-order valence-electron chi connectivity index (χ2n) is 6.14. The number of aromatic nitrogens is 3. The van der Waals surface area contributed by atoms with Gasteiger partial charge in [-0.2, -0.15) is 0 Å². The maximum Gasteiger partial charge on any atom is 0.228 e. The van der Waals surface area contributed by atoms with Gasteiger partial charge in [-0.3, -0.25) is 9.78 Å². The number of nitrogens with one attached hydrogen (secondary N) is 1. The Hall–Kier alpha value is -3.06. The fourth-order valence-electron chi connectivity index (χ4n) is 2.69. The number of nitrogen functional groups attached to an aromatic ring is 1. The molecule has 0 aromatic carbocycles. The van der Waals surface area contributed by atoms with Gasteiger partial charge in [-0.15, -0.1) is 0 Å². The average molecular weight is 351 g/mol. The third kappa shape index (κ3) is 3.62. The molecule has 26 heavy (non-hydrogen) atoms. The Morgan fingerprint density at radius 1 is 1.27 bits per heavy atom. The number of anilines is 2. The van der Waals surface area contributed by atoms with E-state index < -0.39 is 0 Å². The van der Waals surface area contributed by atoms with Crippen LogP contribution in [0.4, 0.5) is 11.6 Å². The Morgan fingerprint density at radius 2 is 2.04 bits per heavy atom. The van der Waals surface area contributed by atoms with Gasteiger partial charge in [-0.1, -0.05) is 0 Å². The van der Waals surface area contributed by atoms with Gasteiger partial charge in [0.05, 0.1) is 5.69 Å². The van der Waals surface area contributed by atoms with Crippen LogP contribution < -0.4 is 11.1 Å². The molecule has 0 spiro atoms. The van der Waals surface area contributed by atoms with Gasteiger partial charge >= 0.3 is 0 Å². The zero-order valence-electron chi connectivity index (χ0n) is 14.7. The molecule has 7 nitrogen and oxygen atoms in total. The number of carbonyl (C=O) groups excluding carboxylic acids is 1. The highest BCUT2D eigenvalue weighted by molar-refractivity contribution is 5.98. The Bertz CT molecular complexity index is 954. The molecular formula is C19H21N5O2. The molecule has 134 valence electrons. The van der Waals surface area contributed by atoms with Gasteiger partial charge in [-0.25, -0.2) is 9.97 Å². The molecule has 3 aromatic rings. The first kappa shape index (κ1) is 17.8. The Morgan fingerprint density at radius 3 is 2.73 bits per heavy atom. The van der Waals surface area contributed by atoms with Crippen LogP contribution in [-0.2, 0) is 4.79 Å². The monoisotopic (exact) mass is 351 g/mol. The molecule has 1 amide bonds.